The molecule has 1 heterocycles. The van der Waals surface area contributed by atoms with Gasteiger partial charge in [-0.2, -0.15) is 4.80 Å². The molecular weight excluding hydrogens is 264 g/mol. The highest BCUT2D eigenvalue weighted by Gasteiger charge is 2.04. The van der Waals surface area contributed by atoms with Crippen molar-refractivity contribution in [2.24, 2.45) is 7.05 Å². The van der Waals surface area contributed by atoms with Crippen molar-refractivity contribution >= 4 is 11.6 Å². The molecule has 0 aliphatic carbocycles. The predicted molar refractivity (Wildman–Crippen MR) is 71.9 cm³/mol. The fourth-order valence-electron chi connectivity index (χ4n) is 1.55. The predicted octanol–water partition coefficient (Wildman–Crippen LogP) is 1.69. The summed E-state index contributed by atoms with van der Waals surface area (Å²) in [5, 5.41) is 11.6. The zero-order valence-corrected chi connectivity index (χ0v) is 11.5. The third-order valence-electron chi connectivity index (χ3n) is 2.38. The summed E-state index contributed by atoms with van der Waals surface area (Å²) in [6, 6.07) is 5.73. The Hall–Kier alpha value is -2.06. The number of hydrogen-bond acceptors (Lipinski definition) is 4. The fourth-order valence-corrected chi connectivity index (χ4v) is 1.61. The van der Waals surface area contributed by atoms with E-state index in [0.717, 1.165) is 16.9 Å². The van der Waals surface area contributed by atoms with E-state index in [1.165, 1.54) is 4.80 Å². The average Bonchev–Trinajstić information content (AvgIpc) is 2.81. The van der Waals surface area contributed by atoms with E-state index in [0.29, 0.717) is 18.3 Å². The van der Waals surface area contributed by atoms with Gasteiger partial charge in [0, 0.05) is 5.56 Å². The summed E-state index contributed by atoms with van der Waals surface area (Å²) >= 11 is 5.52. The molecule has 19 heavy (non-hydrogen) atoms. The van der Waals surface area contributed by atoms with Crippen LogP contribution in [-0.2, 0) is 13.7 Å². The fraction of sp³-hybridized carbons (Fsp3) is 0.308. The van der Waals surface area contributed by atoms with Crippen LogP contribution in [0.5, 0.6) is 5.75 Å². The third kappa shape index (κ3) is 3.70. The summed E-state index contributed by atoms with van der Waals surface area (Å²) in [7, 11) is 1.71. The molecule has 6 heteroatoms. The van der Waals surface area contributed by atoms with Crippen LogP contribution >= 0.6 is 11.6 Å². The van der Waals surface area contributed by atoms with E-state index in [2.05, 4.69) is 27.3 Å². The summed E-state index contributed by atoms with van der Waals surface area (Å²) in [5.74, 6) is 7.44. The van der Waals surface area contributed by atoms with Crippen molar-refractivity contribution in [3.8, 4) is 17.6 Å². The van der Waals surface area contributed by atoms with Crippen LogP contribution in [0.4, 0.5) is 0 Å². The SMILES string of the molecule is Cc1cc(C#CCCl)ccc1OCc1nnn(C)n1. The van der Waals surface area contributed by atoms with Gasteiger partial charge >= 0.3 is 0 Å². The molecule has 0 bridgehead atoms. The Kier molecular flexibility index (Phi) is 4.37. The lowest BCUT2D eigenvalue weighted by atomic mass is 10.1. The van der Waals surface area contributed by atoms with Crippen LogP contribution < -0.4 is 4.74 Å². The van der Waals surface area contributed by atoms with Gasteiger partial charge in [-0.1, -0.05) is 11.8 Å². The van der Waals surface area contributed by atoms with Crippen molar-refractivity contribution in [2.75, 3.05) is 5.88 Å². The van der Waals surface area contributed by atoms with E-state index < -0.39 is 0 Å². The molecule has 0 N–H and O–H groups in total. The number of rotatable bonds is 3. The Morgan fingerprint density at radius 1 is 1.42 bits per heavy atom. The highest BCUT2D eigenvalue weighted by atomic mass is 35.5. The van der Waals surface area contributed by atoms with E-state index in [9.17, 15) is 0 Å². The zero-order chi connectivity index (χ0) is 13.7. The van der Waals surface area contributed by atoms with Crippen LogP contribution in [0.1, 0.15) is 17.0 Å². The lowest BCUT2D eigenvalue weighted by Gasteiger charge is -2.07. The molecule has 0 aliphatic rings. The molecular formula is C13H13ClN4O. The molecule has 1 aromatic heterocycles. The van der Waals surface area contributed by atoms with Crippen molar-refractivity contribution in [1.82, 2.24) is 20.2 Å². The Bertz CT molecular complexity index is 627. The van der Waals surface area contributed by atoms with Crippen LogP contribution in [0.15, 0.2) is 18.2 Å². The highest BCUT2D eigenvalue weighted by Crippen LogP contribution is 2.19. The van der Waals surface area contributed by atoms with Gasteiger partial charge in [0.2, 0.25) is 5.82 Å². The van der Waals surface area contributed by atoms with E-state index in [1.807, 2.05) is 25.1 Å². The highest BCUT2D eigenvalue weighted by molar-refractivity contribution is 6.19. The first kappa shape index (κ1) is 13.4. The second-order valence-corrected chi connectivity index (χ2v) is 4.17. The Morgan fingerprint density at radius 3 is 2.89 bits per heavy atom. The van der Waals surface area contributed by atoms with E-state index >= 15 is 0 Å². The monoisotopic (exact) mass is 276 g/mol. The number of halogens is 1. The second kappa shape index (κ2) is 6.21. The van der Waals surface area contributed by atoms with Gasteiger partial charge in [0.1, 0.15) is 5.75 Å². The van der Waals surface area contributed by atoms with Gasteiger partial charge in [-0.15, -0.1) is 21.8 Å². The molecule has 0 saturated heterocycles. The van der Waals surface area contributed by atoms with Gasteiger partial charge in [-0.25, -0.2) is 0 Å². The summed E-state index contributed by atoms with van der Waals surface area (Å²) in [6.07, 6.45) is 0. The number of ether oxygens (including phenoxy) is 1. The Morgan fingerprint density at radius 2 is 2.26 bits per heavy atom. The molecule has 2 aromatic rings. The van der Waals surface area contributed by atoms with Crippen LogP contribution in [-0.4, -0.2) is 26.1 Å². The number of nitrogens with zero attached hydrogens (tertiary/aromatic N) is 4. The van der Waals surface area contributed by atoms with Crippen LogP contribution in [0.25, 0.3) is 0 Å². The maximum atomic E-state index is 5.64. The number of alkyl halides is 1. The smallest absolute Gasteiger partial charge is 0.212 e. The molecule has 0 radical (unpaired) electrons. The molecule has 0 fully saturated rings. The maximum Gasteiger partial charge on any atom is 0.212 e. The average molecular weight is 277 g/mol. The topological polar surface area (TPSA) is 52.8 Å². The second-order valence-electron chi connectivity index (χ2n) is 3.90. The van der Waals surface area contributed by atoms with Gasteiger partial charge < -0.3 is 4.74 Å². The lowest BCUT2D eigenvalue weighted by molar-refractivity contribution is 0.293. The molecule has 0 amide bonds. The molecule has 0 atom stereocenters. The lowest BCUT2D eigenvalue weighted by Crippen LogP contribution is -2.00. The number of aryl methyl sites for hydroxylation is 2. The normalized spacial score (nSPS) is 9.84. The molecule has 0 saturated carbocycles. The van der Waals surface area contributed by atoms with E-state index in [-0.39, 0.29) is 0 Å². The Balaban J connectivity index is 2.05. The first-order chi connectivity index (χ1) is 9.19. The van der Waals surface area contributed by atoms with Crippen LogP contribution in [0.3, 0.4) is 0 Å². The molecule has 0 unspecified atom stereocenters. The summed E-state index contributed by atoms with van der Waals surface area (Å²) in [5.41, 5.74) is 1.92. The molecule has 5 nitrogen and oxygen atoms in total. The number of aromatic nitrogens is 4. The van der Waals surface area contributed by atoms with Crippen molar-refractivity contribution in [1.29, 1.82) is 0 Å². The summed E-state index contributed by atoms with van der Waals surface area (Å²) in [4.78, 5) is 1.40. The standard InChI is InChI=1S/C13H13ClN4O/c1-10-8-11(4-3-7-14)5-6-12(10)19-9-13-15-17-18(2)16-13/h5-6,8H,7,9H2,1-2H3. The van der Waals surface area contributed by atoms with Gasteiger partial charge in [0.25, 0.3) is 0 Å². The minimum Gasteiger partial charge on any atom is -0.485 e. The van der Waals surface area contributed by atoms with Gasteiger partial charge in [0.05, 0.1) is 12.9 Å². The van der Waals surface area contributed by atoms with Gasteiger partial charge in [0.15, 0.2) is 6.61 Å². The molecule has 0 aliphatic heterocycles. The number of benzene rings is 1. The van der Waals surface area contributed by atoms with E-state index in [4.69, 9.17) is 16.3 Å². The van der Waals surface area contributed by atoms with Crippen molar-refractivity contribution in [2.45, 2.75) is 13.5 Å². The number of tetrazole rings is 1. The number of hydrogen-bond donors (Lipinski definition) is 0. The quantitative estimate of drug-likeness (QED) is 0.632. The molecule has 0 spiro atoms. The third-order valence-corrected chi connectivity index (χ3v) is 2.51. The molecule has 1 aromatic carbocycles. The summed E-state index contributed by atoms with van der Waals surface area (Å²) < 4.78 is 5.64. The maximum absolute atomic E-state index is 5.64. The van der Waals surface area contributed by atoms with Crippen molar-refractivity contribution in [3.63, 3.8) is 0 Å². The van der Waals surface area contributed by atoms with Gasteiger partial charge in [-0.05, 0) is 35.9 Å². The summed E-state index contributed by atoms with van der Waals surface area (Å²) in [6.45, 7) is 2.26. The first-order valence-corrected chi connectivity index (χ1v) is 6.23. The minimum atomic E-state index is 0.293. The van der Waals surface area contributed by atoms with Crippen LogP contribution in [0.2, 0.25) is 0 Å². The Labute approximate surface area is 116 Å². The first-order valence-electron chi connectivity index (χ1n) is 5.70. The van der Waals surface area contributed by atoms with E-state index in [1.54, 1.807) is 7.05 Å². The van der Waals surface area contributed by atoms with Crippen molar-refractivity contribution in [3.05, 3.63) is 35.2 Å². The van der Waals surface area contributed by atoms with Crippen LogP contribution in [0, 0.1) is 18.8 Å². The minimum absolute atomic E-state index is 0.293. The molecule has 2 rings (SSSR count). The molecule has 98 valence electrons. The van der Waals surface area contributed by atoms with Crippen molar-refractivity contribution < 1.29 is 4.74 Å². The van der Waals surface area contributed by atoms with Gasteiger partial charge in [-0.3, -0.25) is 0 Å². The zero-order valence-electron chi connectivity index (χ0n) is 10.7. The largest absolute Gasteiger partial charge is 0.485 e.